The van der Waals surface area contributed by atoms with Crippen LogP contribution in [0.2, 0.25) is 0 Å². The normalized spacial score (nSPS) is 24.9. The van der Waals surface area contributed by atoms with Crippen molar-refractivity contribution in [2.24, 2.45) is 5.92 Å². The Kier molecular flexibility index (Phi) is 13.0. The van der Waals surface area contributed by atoms with Gasteiger partial charge in [-0.2, -0.15) is 0 Å². The smallest absolute Gasteiger partial charge is 0.157 e. The Morgan fingerprint density at radius 2 is 1.17 bits per heavy atom. The van der Waals surface area contributed by atoms with E-state index in [4.69, 9.17) is 9.47 Å². The van der Waals surface area contributed by atoms with E-state index in [1.807, 2.05) is 0 Å². The van der Waals surface area contributed by atoms with E-state index in [1.54, 1.807) is 0 Å². The summed E-state index contributed by atoms with van der Waals surface area (Å²) in [5.74, 6) is 0.540. The molecule has 3 unspecified atom stereocenters. The minimum absolute atomic E-state index is 0.0638. The zero-order valence-corrected chi connectivity index (χ0v) is 16.2. The van der Waals surface area contributed by atoms with Crippen molar-refractivity contribution in [1.82, 2.24) is 0 Å². The first-order valence-electron chi connectivity index (χ1n) is 10.5. The molecule has 1 rings (SSSR count). The summed E-state index contributed by atoms with van der Waals surface area (Å²) in [6.45, 7) is 7.52. The van der Waals surface area contributed by atoms with Gasteiger partial charge in [-0.05, 0) is 19.8 Å². The lowest BCUT2D eigenvalue weighted by molar-refractivity contribution is -0.231. The molecule has 0 bridgehead atoms. The number of unbranched alkanes of at least 4 members (excludes halogenated alkanes) is 12. The van der Waals surface area contributed by atoms with Crippen LogP contribution in [0.3, 0.4) is 0 Å². The van der Waals surface area contributed by atoms with Gasteiger partial charge in [-0.25, -0.2) is 0 Å². The maximum Gasteiger partial charge on any atom is 0.157 e. The van der Waals surface area contributed by atoms with Crippen LogP contribution >= 0.6 is 0 Å². The maximum absolute atomic E-state index is 5.88. The monoisotopic (exact) mass is 326 g/mol. The lowest BCUT2D eigenvalue weighted by Crippen LogP contribution is -2.36. The minimum atomic E-state index is 0.0638. The van der Waals surface area contributed by atoms with E-state index in [0.717, 1.165) is 13.0 Å². The second kappa shape index (κ2) is 14.3. The van der Waals surface area contributed by atoms with Crippen LogP contribution in [0, 0.1) is 5.92 Å². The van der Waals surface area contributed by atoms with Crippen molar-refractivity contribution in [2.75, 3.05) is 6.61 Å². The standard InChI is InChI=1S/C21H42O2/c1-4-5-6-7-8-9-10-11-12-13-14-15-16-17-21-22-18-19(2)20(3)23-21/h19-21H,4-18H2,1-3H3. The largest absolute Gasteiger partial charge is 0.352 e. The Balaban J connectivity index is 1.76. The van der Waals surface area contributed by atoms with Crippen molar-refractivity contribution < 1.29 is 9.47 Å². The third kappa shape index (κ3) is 11.2. The number of ether oxygens (including phenoxy) is 2. The highest BCUT2D eigenvalue weighted by molar-refractivity contribution is 4.66. The molecular formula is C21H42O2. The van der Waals surface area contributed by atoms with Crippen LogP contribution in [-0.4, -0.2) is 19.0 Å². The predicted molar refractivity (Wildman–Crippen MR) is 99.8 cm³/mol. The molecule has 0 N–H and O–H groups in total. The maximum atomic E-state index is 5.88. The summed E-state index contributed by atoms with van der Waals surface area (Å²) < 4.78 is 11.6. The van der Waals surface area contributed by atoms with Crippen LogP contribution in [0.1, 0.15) is 111 Å². The highest BCUT2D eigenvalue weighted by atomic mass is 16.7. The molecular weight excluding hydrogens is 284 g/mol. The molecule has 1 aliphatic heterocycles. The summed E-state index contributed by atoms with van der Waals surface area (Å²) in [5.41, 5.74) is 0. The van der Waals surface area contributed by atoms with Gasteiger partial charge in [-0.1, -0.05) is 90.9 Å². The van der Waals surface area contributed by atoms with Crippen molar-refractivity contribution in [3.05, 3.63) is 0 Å². The van der Waals surface area contributed by atoms with Crippen molar-refractivity contribution in [2.45, 2.75) is 123 Å². The van der Waals surface area contributed by atoms with E-state index in [-0.39, 0.29) is 6.29 Å². The Labute approximate surface area is 145 Å². The van der Waals surface area contributed by atoms with Gasteiger partial charge in [0.1, 0.15) is 0 Å². The van der Waals surface area contributed by atoms with Gasteiger partial charge in [0.2, 0.25) is 0 Å². The molecule has 2 nitrogen and oxygen atoms in total. The Bertz CT molecular complexity index is 254. The third-order valence-corrected chi connectivity index (χ3v) is 5.26. The summed E-state index contributed by atoms with van der Waals surface area (Å²) >= 11 is 0. The molecule has 0 radical (unpaired) electrons. The van der Waals surface area contributed by atoms with Crippen LogP contribution in [0.25, 0.3) is 0 Å². The van der Waals surface area contributed by atoms with E-state index in [9.17, 15) is 0 Å². The molecule has 0 aliphatic carbocycles. The summed E-state index contributed by atoms with van der Waals surface area (Å²) in [6.07, 6.45) is 19.8. The van der Waals surface area contributed by atoms with Gasteiger partial charge in [-0.15, -0.1) is 0 Å². The van der Waals surface area contributed by atoms with Crippen LogP contribution in [0.4, 0.5) is 0 Å². The SMILES string of the molecule is CCCCCCCCCCCCCCCC1OCC(C)C(C)O1. The van der Waals surface area contributed by atoms with E-state index in [0.29, 0.717) is 12.0 Å². The molecule has 1 heterocycles. The lowest BCUT2D eigenvalue weighted by atomic mass is 10.0. The quantitative estimate of drug-likeness (QED) is 0.324. The zero-order valence-electron chi connectivity index (χ0n) is 16.2. The Hall–Kier alpha value is -0.0800. The van der Waals surface area contributed by atoms with Crippen LogP contribution in [0.5, 0.6) is 0 Å². The van der Waals surface area contributed by atoms with E-state index in [2.05, 4.69) is 20.8 Å². The predicted octanol–water partition coefficient (Wildman–Crippen LogP) is 6.87. The first-order chi connectivity index (χ1) is 11.2. The molecule has 0 amide bonds. The van der Waals surface area contributed by atoms with Gasteiger partial charge < -0.3 is 9.47 Å². The summed E-state index contributed by atoms with van der Waals surface area (Å²) in [4.78, 5) is 0. The van der Waals surface area contributed by atoms with E-state index in [1.165, 1.54) is 83.5 Å². The highest BCUT2D eigenvalue weighted by Gasteiger charge is 2.24. The fourth-order valence-electron chi connectivity index (χ4n) is 3.29. The number of hydrogen-bond donors (Lipinski definition) is 0. The van der Waals surface area contributed by atoms with Gasteiger partial charge >= 0.3 is 0 Å². The van der Waals surface area contributed by atoms with Crippen molar-refractivity contribution in [3.8, 4) is 0 Å². The lowest BCUT2D eigenvalue weighted by Gasteiger charge is -2.32. The van der Waals surface area contributed by atoms with Crippen molar-refractivity contribution in [1.29, 1.82) is 0 Å². The Morgan fingerprint density at radius 3 is 1.65 bits per heavy atom. The summed E-state index contributed by atoms with van der Waals surface area (Å²) in [5, 5.41) is 0. The fourth-order valence-corrected chi connectivity index (χ4v) is 3.29. The van der Waals surface area contributed by atoms with Crippen LogP contribution < -0.4 is 0 Å². The number of hydrogen-bond acceptors (Lipinski definition) is 2. The average Bonchev–Trinajstić information content (AvgIpc) is 2.55. The molecule has 0 aromatic carbocycles. The molecule has 138 valence electrons. The molecule has 1 aliphatic rings. The highest BCUT2D eigenvalue weighted by Crippen LogP contribution is 2.21. The molecule has 0 spiro atoms. The van der Waals surface area contributed by atoms with Gasteiger partial charge in [0.25, 0.3) is 0 Å². The van der Waals surface area contributed by atoms with Gasteiger partial charge in [-0.3, -0.25) is 0 Å². The fraction of sp³-hybridized carbons (Fsp3) is 1.00. The molecule has 23 heavy (non-hydrogen) atoms. The van der Waals surface area contributed by atoms with Gasteiger partial charge in [0.15, 0.2) is 6.29 Å². The van der Waals surface area contributed by atoms with E-state index < -0.39 is 0 Å². The van der Waals surface area contributed by atoms with Crippen LogP contribution in [-0.2, 0) is 9.47 Å². The minimum Gasteiger partial charge on any atom is -0.352 e. The second-order valence-electron chi connectivity index (χ2n) is 7.61. The first-order valence-corrected chi connectivity index (χ1v) is 10.5. The van der Waals surface area contributed by atoms with Crippen molar-refractivity contribution >= 4 is 0 Å². The first kappa shape index (κ1) is 21.0. The zero-order chi connectivity index (χ0) is 16.8. The number of rotatable bonds is 14. The van der Waals surface area contributed by atoms with Gasteiger partial charge in [0.05, 0.1) is 12.7 Å². The topological polar surface area (TPSA) is 18.5 Å². The summed E-state index contributed by atoms with van der Waals surface area (Å²) in [6, 6.07) is 0. The molecule has 0 aromatic rings. The molecule has 1 fully saturated rings. The molecule has 3 atom stereocenters. The molecule has 2 heteroatoms. The third-order valence-electron chi connectivity index (χ3n) is 5.26. The van der Waals surface area contributed by atoms with Crippen LogP contribution in [0.15, 0.2) is 0 Å². The average molecular weight is 327 g/mol. The summed E-state index contributed by atoms with van der Waals surface area (Å²) in [7, 11) is 0. The molecule has 0 aromatic heterocycles. The van der Waals surface area contributed by atoms with Crippen molar-refractivity contribution in [3.63, 3.8) is 0 Å². The van der Waals surface area contributed by atoms with Gasteiger partial charge in [0, 0.05) is 5.92 Å². The second-order valence-corrected chi connectivity index (χ2v) is 7.61. The Morgan fingerprint density at radius 1 is 0.696 bits per heavy atom. The molecule has 1 saturated heterocycles. The molecule has 0 saturated carbocycles. The van der Waals surface area contributed by atoms with E-state index >= 15 is 0 Å².